The minimum absolute atomic E-state index is 0.329. The average Bonchev–Trinajstić information content (AvgIpc) is 3.03. The Morgan fingerprint density at radius 1 is 1.27 bits per heavy atom. The second-order valence-electron chi connectivity index (χ2n) is 5.41. The van der Waals surface area contributed by atoms with Crippen molar-refractivity contribution in [3.63, 3.8) is 0 Å². The maximum atomic E-state index is 11.8. The van der Waals surface area contributed by atoms with Gasteiger partial charge in [0.15, 0.2) is 6.61 Å². The highest BCUT2D eigenvalue weighted by atomic mass is 35.5. The van der Waals surface area contributed by atoms with E-state index in [4.69, 9.17) is 32.7 Å². The summed E-state index contributed by atoms with van der Waals surface area (Å²) in [5, 5.41) is 2.66. The van der Waals surface area contributed by atoms with Crippen LogP contribution in [-0.2, 0) is 20.9 Å². The van der Waals surface area contributed by atoms with Gasteiger partial charge in [-0.2, -0.15) is 0 Å². The van der Waals surface area contributed by atoms with Crippen molar-refractivity contribution in [1.82, 2.24) is 5.32 Å². The summed E-state index contributed by atoms with van der Waals surface area (Å²) in [4.78, 5) is 23.5. The molecule has 0 unspecified atom stereocenters. The Hall–Kier alpha value is -1.46. The molecule has 1 atom stereocenters. The second-order valence-corrected chi connectivity index (χ2v) is 6.90. The van der Waals surface area contributed by atoms with E-state index in [1.165, 1.54) is 0 Å². The molecule has 7 heteroatoms. The molecule has 1 aromatic rings. The van der Waals surface area contributed by atoms with Gasteiger partial charge in [-0.1, -0.05) is 12.1 Å². The molecule has 0 spiro atoms. The minimum atomic E-state index is -1.09. The maximum absolute atomic E-state index is 11.8. The van der Waals surface area contributed by atoms with Gasteiger partial charge in [0.1, 0.15) is 15.5 Å². The number of amides is 1. The number of carbonyl (C=O) groups is 2. The second kappa shape index (κ2) is 6.34. The highest BCUT2D eigenvalue weighted by Crippen LogP contribution is 2.64. The van der Waals surface area contributed by atoms with E-state index in [0.717, 1.165) is 11.3 Å². The zero-order chi connectivity index (χ0) is 16.4. The number of benzene rings is 1. The molecule has 1 aromatic carbocycles. The number of methoxy groups -OCH3 is 1. The van der Waals surface area contributed by atoms with Gasteiger partial charge in [-0.25, -0.2) is 0 Å². The van der Waals surface area contributed by atoms with Crippen molar-refractivity contribution in [2.75, 3.05) is 13.7 Å². The predicted octanol–water partition coefficient (Wildman–Crippen LogP) is 2.44. The van der Waals surface area contributed by atoms with E-state index in [1.54, 1.807) is 26.2 Å². The van der Waals surface area contributed by atoms with Crippen molar-refractivity contribution in [3.8, 4) is 5.75 Å². The van der Waals surface area contributed by atoms with Crippen molar-refractivity contribution in [1.29, 1.82) is 0 Å². The maximum Gasteiger partial charge on any atom is 0.315 e. The van der Waals surface area contributed by atoms with Crippen LogP contribution < -0.4 is 10.1 Å². The summed E-state index contributed by atoms with van der Waals surface area (Å²) >= 11 is 11.8. The summed E-state index contributed by atoms with van der Waals surface area (Å²) in [5.74, 6) is -0.201. The molecule has 1 aliphatic carbocycles. The number of nitrogens with one attached hydrogen (secondary N) is 1. The van der Waals surface area contributed by atoms with Crippen molar-refractivity contribution in [3.05, 3.63) is 29.8 Å². The van der Waals surface area contributed by atoms with Crippen LogP contribution in [0.1, 0.15) is 18.9 Å². The quantitative estimate of drug-likeness (QED) is 0.635. The summed E-state index contributed by atoms with van der Waals surface area (Å²) in [6, 6.07) is 7.28. The van der Waals surface area contributed by atoms with Gasteiger partial charge in [-0.15, -0.1) is 23.2 Å². The Morgan fingerprint density at radius 3 is 2.36 bits per heavy atom. The van der Waals surface area contributed by atoms with Crippen LogP contribution in [0.4, 0.5) is 0 Å². The van der Waals surface area contributed by atoms with Crippen molar-refractivity contribution < 1.29 is 19.1 Å². The largest absolute Gasteiger partial charge is 0.497 e. The zero-order valence-electron chi connectivity index (χ0n) is 12.3. The summed E-state index contributed by atoms with van der Waals surface area (Å²) in [5.41, 5.74) is -0.0120. The van der Waals surface area contributed by atoms with Crippen molar-refractivity contribution in [2.45, 2.75) is 24.2 Å². The number of alkyl halides is 2. The van der Waals surface area contributed by atoms with Gasteiger partial charge in [0, 0.05) is 13.0 Å². The summed E-state index contributed by atoms with van der Waals surface area (Å²) in [7, 11) is 1.59. The molecule has 0 radical (unpaired) electrons. The molecule has 1 saturated carbocycles. The first kappa shape index (κ1) is 16.9. The van der Waals surface area contributed by atoms with Crippen LogP contribution in [0, 0.1) is 5.41 Å². The van der Waals surface area contributed by atoms with E-state index in [9.17, 15) is 9.59 Å². The minimum Gasteiger partial charge on any atom is -0.497 e. The molecule has 120 valence electrons. The molecule has 1 amide bonds. The Labute approximate surface area is 138 Å². The Morgan fingerprint density at radius 2 is 1.86 bits per heavy atom. The van der Waals surface area contributed by atoms with Crippen LogP contribution in [0.15, 0.2) is 24.3 Å². The smallest absolute Gasteiger partial charge is 0.315 e. The lowest BCUT2D eigenvalue weighted by atomic mass is 10.1. The van der Waals surface area contributed by atoms with Crippen LogP contribution in [0.3, 0.4) is 0 Å². The molecule has 1 N–H and O–H groups in total. The third-order valence-corrected chi connectivity index (χ3v) is 4.79. The monoisotopic (exact) mass is 345 g/mol. The van der Waals surface area contributed by atoms with Gasteiger partial charge in [-0.3, -0.25) is 9.59 Å². The highest BCUT2D eigenvalue weighted by Gasteiger charge is 2.69. The molecular formula is C15H17Cl2NO4. The topological polar surface area (TPSA) is 64.6 Å². The molecule has 0 aliphatic heterocycles. The van der Waals surface area contributed by atoms with Gasteiger partial charge >= 0.3 is 5.97 Å². The number of hydrogen-bond acceptors (Lipinski definition) is 4. The number of carbonyl (C=O) groups excluding carboxylic acids is 2. The van der Waals surface area contributed by atoms with Crippen LogP contribution in [0.25, 0.3) is 0 Å². The summed E-state index contributed by atoms with van der Waals surface area (Å²) in [6.07, 6.45) is 0.329. The van der Waals surface area contributed by atoms with Crippen LogP contribution in [-0.4, -0.2) is 29.9 Å². The van der Waals surface area contributed by atoms with E-state index >= 15 is 0 Å². The lowest BCUT2D eigenvalue weighted by Crippen LogP contribution is -2.31. The SMILES string of the molecule is COc1ccc(CNC(=O)COC(=O)[C@@]2(C)CC2(Cl)Cl)cc1. The fraction of sp³-hybridized carbons (Fsp3) is 0.467. The fourth-order valence-corrected chi connectivity index (χ4v) is 2.60. The fourth-order valence-electron chi connectivity index (χ4n) is 1.91. The standard InChI is InChI=1S/C15H17Cl2NO4/c1-14(9-15(14,16)17)13(20)22-8-12(19)18-7-10-3-5-11(21-2)6-4-10/h3-6H,7-9H2,1-2H3,(H,18,19)/t14-/m1/s1. The zero-order valence-corrected chi connectivity index (χ0v) is 13.8. The Bertz CT molecular complexity index is 573. The molecule has 5 nitrogen and oxygen atoms in total. The van der Waals surface area contributed by atoms with Gasteiger partial charge in [0.05, 0.1) is 7.11 Å². The first-order chi connectivity index (χ1) is 10.3. The van der Waals surface area contributed by atoms with Crippen molar-refractivity contribution in [2.24, 2.45) is 5.41 Å². The lowest BCUT2D eigenvalue weighted by Gasteiger charge is -2.12. The number of rotatable bonds is 6. The number of halogens is 2. The van der Waals surface area contributed by atoms with Crippen LogP contribution >= 0.6 is 23.2 Å². The first-order valence-electron chi connectivity index (χ1n) is 6.73. The average molecular weight is 346 g/mol. The molecule has 0 aromatic heterocycles. The number of hydrogen-bond donors (Lipinski definition) is 1. The third-order valence-electron chi connectivity index (χ3n) is 3.69. The molecule has 0 bridgehead atoms. The van der Waals surface area contributed by atoms with E-state index in [2.05, 4.69) is 5.32 Å². The molecule has 2 rings (SSSR count). The summed E-state index contributed by atoms with van der Waals surface area (Å²) < 4.78 is 8.91. The van der Waals surface area contributed by atoms with E-state index in [-0.39, 0.29) is 12.5 Å². The molecule has 1 aliphatic rings. The Balaban J connectivity index is 1.73. The highest BCUT2D eigenvalue weighted by molar-refractivity contribution is 6.53. The van der Waals surface area contributed by atoms with Gasteiger partial charge in [0.2, 0.25) is 0 Å². The molecule has 22 heavy (non-hydrogen) atoms. The lowest BCUT2D eigenvalue weighted by molar-refractivity contribution is -0.153. The number of esters is 1. The van der Waals surface area contributed by atoms with E-state index in [0.29, 0.717) is 13.0 Å². The van der Waals surface area contributed by atoms with Gasteiger partial charge < -0.3 is 14.8 Å². The van der Waals surface area contributed by atoms with E-state index < -0.39 is 15.7 Å². The normalized spacial score (nSPS) is 21.8. The van der Waals surface area contributed by atoms with Gasteiger partial charge in [0.25, 0.3) is 5.91 Å². The molecule has 0 saturated heterocycles. The van der Waals surface area contributed by atoms with E-state index in [1.807, 2.05) is 12.1 Å². The Kier molecular flexibility index (Phi) is 4.87. The van der Waals surface area contributed by atoms with Crippen LogP contribution in [0.5, 0.6) is 5.75 Å². The molecular weight excluding hydrogens is 329 g/mol. The van der Waals surface area contributed by atoms with Crippen LogP contribution in [0.2, 0.25) is 0 Å². The van der Waals surface area contributed by atoms with Crippen molar-refractivity contribution >= 4 is 35.1 Å². The number of ether oxygens (including phenoxy) is 2. The molecule has 0 heterocycles. The molecule has 1 fully saturated rings. The third kappa shape index (κ3) is 3.65. The summed E-state index contributed by atoms with van der Waals surface area (Å²) in [6.45, 7) is 1.60. The predicted molar refractivity (Wildman–Crippen MR) is 83.0 cm³/mol. The van der Waals surface area contributed by atoms with Gasteiger partial charge in [-0.05, 0) is 24.6 Å². The first-order valence-corrected chi connectivity index (χ1v) is 7.49.